The summed E-state index contributed by atoms with van der Waals surface area (Å²) >= 11 is 0. The lowest BCUT2D eigenvalue weighted by Gasteiger charge is -2.28. The largest absolute Gasteiger partial charge is 0.508 e. The van der Waals surface area contributed by atoms with Crippen molar-refractivity contribution in [3.8, 4) is 11.5 Å². The van der Waals surface area contributed by atoms with E-state index < -0.39 is 47.5 Å². The van der Waals surface area contributed by atoms with Crippen LogP contribution in [0.25, 0.3) is 0 Å². The highest BCUT2D eigenvalue weighted by Crippen LogP contribution is 2.32. The van der Waals surface area contributed by atoms with Gasteiger partial charge in [0.2, 0.25) is 0 Å². The highest BCUT2D eigenvalue weighted by molar-refractivity contribution is 5.80. The van der Waals surface area contributed by atoms with Crippen molar-refractivity contribution in [3.63, 3.8) is 0 Å². The van der Waals surface area contributed by atoms with Crippen LogP contribution in [0.1, 0.15) is 72.8 Å². The zero-order valence-corrected chi connectivity index (χ0v) is 22.0. The van der Waals surface area contributed by atoms with Crippen molar-refractivity contribution >= 4 is 24.1 Å². The Morgan fingerprint density at radius 1 is 0.944 bits per heavy atom. The molecule has 202 valence electrons. The van der Waals surface area contributed by atoms with Crippen LogP contribution in [-0.4, -0.2) is 47.4 Å². The Kier molecular flexibility index (Phi) is 12.4. The lowest BCUT2D eigenvalue weighted by atomic mass is 9.86. The maximum Gasteiger partial charge on any atom is 0.508 e. The Hall–Kier alpha value is -3.14. The minimum absolute atomic E-state index is 0.0205. The molecule has 10 nitrogen and oxygen atoms in total. The second-order valence-corrected chi connectivity index (χ2v) is 9.51. The summed E-state index contributed by atoms with van der Waals surface area (Å²) in [6, 6.07) is 4.38. The number of carbonyl (C=O) groups is 4. The Morgan fingerprint density at radius 2 is 1.53 bits per heavy atom. The number of esters is 2. The van der Waals surface area contributed by atoms with Gasteiger partial charge in [0.05, 0.1) is 18.4 Å². The molecule has 0 aromatic heterocycles. The number of hydrogen-bond acceptors (Lipinski definition) is 9. The lowest BCUT2D eigenvalue weighted by Crippen LogP contribution is -2.52. The predicted octanol–water partition coefficient (Wildman–Crippen LogP) is 4.26. The van der Waals surface area contributed by atoms with E-state index in [9.17, 15) is 24.3 Å². The molecule has 0 bridgehead atoms. The fourth-order valence-electron chi connectivity index (χ4n) is 3.14. The fraction of sp³-hybridized carbons (Fsp3) is 0.615. The van der Waals surface area contributed by atoms with Gasteiger partial charge >= 0.3 is 24.1 Å². The first-order valence-electron chi connectivity index (χ1n) is 12.2. The Morgan fingerprint density at radius 3 is 2.06 bits per heavy atom. The molecule has 0 aliphatic heterocycles. The van der Waals surface area contributed by atoms with Gasteiger partial charge < -0.3 is 29.8 Å². The maximum atomic E-state index is 12.2. The van der Waals surface area contributed by atoms with Crippen LogP contribution in [0.5, 0.6) is 11.5 Å². The Balaban J connectivity index is 3.05. The van der Waals surface area contributed by atoms with Gasteiger partial charge in [-0.3, -0.25) is 14.4 Å². The molecule has 0 saturated heterocycles. The second kappa shape index (κ2) is 14.4. The maximum absolute atomic E-state index is 12.2. The average molecular weight is 510 g/mol. The molecule has 10 heteroatoms. The number of ether oxygens (including phenoxy) is 4. The van der Waals surface area contributed by atoms with Crippen LogP contribution in [0.15, 0.2) is 18.2 Å². The third kappa shape index (κ3) is 10.2. The van der Waals surface area contributed by atoms with E-state index >= 15 is 0 Å². The van der Waals surface area contributed by atoms with Gasteiger partial charge in [-0.1, -0.05) is 53.5 Å². The first-order chi connectivity index (χ1) is 16.8. The van der Waals surface area contributed by atoms with Crippen LogP contribution in [0, 0.1) is 11.8 Å². The minimum atomic E-state index is -1.81. The SMILES string of the molecule is CCCCCOC(=O)O[C@@H](C)CC(N)(Cc1ccc(OC(=O)C(C)C)c(OC(=O)C(C)C)c1)C(=O)O. The quantitative estimate of drug-likeness (QED) is 0.211. The van der Waals surface area contributed by atoms with E-state index in [4.69, 9.17) is 24.7 Å². The standard InChI is InChI=1S/C26H39NO9/c1-7-8-9-12-33-25(32)34-18(6)14-26(27,24(30)31)15-19-10-11-20(35-22(28)16(2)3)21(13-19)36-23(29)17(4)5/h10-11,13,16-18H,7-9,12,14-15,27H2,1-6H3,(H,30,31)/t18-,26?/m0/s1. The molecule has 1 unspecified atom stereocenters. The van der Waals surface area contributed by atoms with Gasteiger partial charge in [-0.05, 0) is 31.0 Å². The molecule has 2 atom stereocenters. The van der Waals surface area contributed by atoms with Crippen LogP contribution >= 0.6 is 0 Å². The van der Waals surface area contributed by atoms with Crippen molar-refractivity contribution in [1.29, 1.82) is 0 Å². The van der Waals surface area contributed by atoms with Crippen molar-refractivity contribution in [2.24, 2.45) is 17.6 Å². The van der Waals surface area contributed by atoms with Crippen molar-refractivity contribution in [2.75, 3.05) is 6.61 Å². The number of carboxylic acids is 1. The zero-order valence-electron chi connectivity index (χ0n) is 22.0. The molecule has 0 aliphatic carbocycles. The molecular formula is C26H39NO9. The number of carbonyl (C=O) groups excluding carboxylic acids is 3. The summed E-state index contributed by atoms with van der Waals surface area (Å²) in [6.45, 7) is 10.4. The molecule has 0 saturated carbocycles. The van der Waals surface area contributed by atoms with E-state index in [1.165, 1.54) is 25.1 Å². The summed E-state index contributed by atoms with van der Waals surface area (Å²) in [5.74, 6) is -3.22. The molecule has 0 amide bonds. The van der Waals surface area contributed by atoms with Crippen molar-refractivity contribution < 1.29 is 43.2 Å². The number of hydrogen-bond donors (Lipinski definition) is 2. The Bertz CT molecular complexity index is 913. The number of benzene rings is 1. The van der Waals surface area contributed by atoms with Crippen LogP contribution in [0.2, 0.25) is 0 Å². The van der Waals surface area contributed by atoms with E-state index in [2.05, 4.69) is 0 Å². The van der Waals surface area contributed by atoms with E-state index in [1.54, 1.807) is 27.7 Å². The van der Waals surface area contributed by atoms with Gasteiger partial charge in [0.15, 0.2) is 11.5 Å². The first kappa shape index (κ1) is 30.9. The van der Waals surface area contributed by atoms with Gasteiger partial charge in [-0.2, -0.15) is 0 Å². The third-order valence-electron chi connectivity index (χ3n) is 5.23. The normalized spacial score (nSPS) is 13.6. The van der Waals surface area contributed by atoms with E-state index in [1.807, 2.05) is 6.92 Å². The van der Waals surface area contributed by atoms with E-state index in [0.29, 0.717) is 12.0 Å². The van der Waals surface area contributed by atoms with Crippen molar-refractivity contribution in [2.45, 2.75) is 85.3 Å². The molecule has 0 aliphatic rings. The van der Waals surface area contributed by atoms with Crippen LogP contribution < -0.4 is 15.2 Å². The molecule has 36 heavy (non-hydrogen) atoms. The summed E-state index contributed by atoms with van der Waals surface area (Å²) < 4.78 is 20.9. The van der Waals surface area contributed by atoms with Crippen molar-refractivity contribution in [1.82, 2.24) is 0 Å². The molecule has 1 rings (SSSR count). The molecule has 1 aromatic carbocycles. The molecule has 0 radical (unpaired) electrons. The Labute approximate surface area is 212 Å². The van der Waals surface area contributed by atoms with Crippen LogP contribution in [0.4, 0.5) is 4.79 Å². The number of carboxylic acid groups (broad SMARTS) is 1. The number of unbranched alkanes of at least 4 members (excludes halogenated alkanes) is 2. The minimum Gasteiger partial charge on any atom is -0.480 e. The summed E-state index contributed by atoms with van der Waals surface area (Å²) in [5.41, 5.74) is 4.84. The highest BCUT2D eigenvalue weighted by Gasteiger charge is 2.37. The highest BCUT2D eigenvalue weighted by atomic mass is 16.7. The fourth-order valence-corrected chi connectivity index (χ4v) is 3.14. The molecular weight excluding hydrogens is 470 g/mol. The zero-order chi connectivity index (χ0) is 27.5. The van der Waals surface area contributed by atoms with Gasteiger partial charge in [0.1, 0.15) is 11.6 Å². The van der Waals surface area contributed by atoms with Crippen LogP contribution in [0.3, 0.4) is 0 Å². The summed E-state index contributed by atoms with van der Waals surface area (Å²) in [7, 11) is 0. The monoisotopic (exact) mass is 509 g/mol. The summed E-state index contributed by atoms with van der Waals surface area (Å²) in [4.78, 5) is 48.3. The van der Waals surface area contributed by atoms with E-state index in [-0.39, 0.29) is 30.9 Å². The molecule has 3 N–H and O–H groups in total. The van der Waals surface area contributed by atoms with E-state index in [0.717, 1.165) is 12.8 Å². The van der Waals surface area contributed by atoms with Gasteiger partial charge in [-0.15, -0.1) is 0 Å². The first-order valence-corrected chi connectivity index (χ1v) is 12.2. The smallest absolute Gasteiger partial charge is 0.480 e. The predicted molar refractivity (Wildman–Crippen MR) is 132 cm³/mol. The lowest BCUT2D eigenvalue weighted by molar-refractivity contribution is -0.144. The van der Waals surface area contributed by atoms with Gasteiger partial charge in [-0.25, -0.2) is 4.79 Å². The molecule has 0 spiro atoms. The van der Waals surface area contributed by atoms with Crippen molar-refractivity contribution in [3.05, 3.63) is 23.8 Å². The van der Waals surface area contributed by atoms with Gasteiger partial charge in [0.25, 0.3) is 0 Å². The number of aliphatic carboxylic acids is 1. The van der Waals surface area contributed by atoms with Gasteiger partial charge in [0, 0.05) is 12.8 Å². The molecule has 1 aromatic rings. The topological polar surface area (TPSA) is 151 Å². The summed E-state index contributed by atoms with van der Waals surface area (Å²) in [6.07, 6.45) is 0.506. The number of rotatable bonds is 14. The van der Waals surface area contributed by atoms with Crippen LogP contribution in [-0.2, 0) is 30.3 Å². The average Bonchev–Trinajstić information content (AvgIpc) is 2.77. The number of nitrogens with two attached hydrogens (primary N) is 1. The molecule has 0 heterocycles. The molecule has 0 fully saturated rings. The second-order valence-electron chi connectivity index (χ2n) is 9.51. The summed E-state index contributed by atoms with van der Waals surface area (Å²) in [5, 5.41) is 9.85. The third-order valence-corrected chi connectivity index (χ3v) is 5.23.